The zero-order valence-corrected chi connectivity index (χ0v) is 16.5. The van der Waals surface area contributed by atoms with Crippen LogP contribution >= 0.6 is 11.3 Å². The Morgan fingerprint density at radius 3 is 2.71 bits per heavy atom. The number of carbonyl (C=O) groups excluding carboxylic acids is 2. The molecule has 0 saturated carbocycles. The Balaban J connectivity index is 0.00000300. The summed E-state index contributed by atoms with van der Waals surface area (Å²) in [5, 5.41) is 2.95. The molecule has 1 amide bonds. The predicted octanol–water partition coefficient (Wildman–Crippen LogP) is 4.97. The molecule has 28 heavy (non-hydrogen) atoms. The van der Waals surface area contributed by atoms with E-state index in [0.29, 0.717) is 25.1 Å². The van der Waals surface area contributed by atoms with Gasteiger partial charge in [0.25, 0.3) is 5.91 Å². The molecule has 148 valence electrons. The third kappa shape index (κ3) is 6.16. The van der Waals surface area contributed by atoms with Crippen LogP contribution in [0.1, 0.15) is 49.5 Å². The van der Waals surface area contributed by atoms with Crippen LogP contribution in [0.4, 0.5) is 0 Å². The fourth-order valence-electron chi connectivity index (χ4n) is 2.86. The molecule has 0 aliphatic rings. The number of carbonyl (C=O) groups is 2. The Morgan fingerprint density at radius 1 is 1.04 bits per heavy atom. The van der Waals surface area contributed by atoms with E-state index in [1.165, 1.54) is 11.3 Å². The maximum absolute atomic E-state index is 12.2. The molecule has 0 atom stereocenters. The third-order valence-electron chi connectivity index (χ3n) is 4.43. The second kappa shape index (κ2) is 10.6. The van der Waals surface area contributed by atoms with Crippen LogP contribution in [-0.4, -0.2) is 23.4 Å². The molecule has 0 radical (unpaired) electrons. The first-order valence-electron chi connectivity index (χ1n) is 9.53. The number of nitrogens with one attached hydrogen (secondary N) is 1. The first-order valence-corrected chi connectivity index (χ1v) is 10.4. The van der Waals surface area contributed by atoms with Crippen LogP contribution in [0.3, 0.4) is 0 Å². The van der Waals surface area contributed by atoms with Crippen molar-refractivity contribution in [1.82, 2.24) is 10.3 Å². The second-order valence-electron chi connectivity index (χ2n) is 6.60. The lowest BCUT2D eigenvalue weighted by molar-refractivity contribution is -0.145. The summed E-state index contributed by atoms with van der Waals surface area (Å²) in [6.07, 6.45) is 4.06. The fraction of sp³-hybridized carbons (Fsp3) is 0.318. The van der Waals surface area contributed by atoms with Crippen molar-refractivity contribution in [1.29, 1.82) is 0 Å². The molecular weight excluding hydrogens is 372 g/mol. The SMILES string of the molecule is O=C(CCCCCCNC(=O)c1ccc2ncsc2c1)OCc1ccccc1.[HH]. The smallest absolute Gasteiger partial charge is 0.306 e. The maximum atomic E-state index is 12.2. The topological polar surface area (TPSA) is 68.3 Å². The number of thiazole rings is 1. The summed E-state index contributed by atoms with van der Waals surface area (Å²) in [7, 11) is 0. The first-order chi connectivity index (χ1) is 13.7. The fourth-order valence-corrected chi connectivity index (χ4v) is 3.57. The number of benzene rings is 2. The monoisotopic (exact) mass is 398 g/mol. The molecule has 5 nitrogen and oxygen atoms in total. The van der Waals surface area contributed by atoms with Crippen LogP contribution in [0.25, 0.3) is 10.2 Å². The largest absolute Gasteiger partial charge is 0.461 e. The molecule has 0 aliphatic heterocycles. The molecule has 0 unspecified atom stereocenters. The van der Waals surface area contributed by atoms with Gasteiger partial charge in [0.15, 0.2) is 0 Å². The van der Waals surface area contributed by atoms with Gasteiger partial charge in [0.1, 0.15) is 6.61 Å². The lowest BCUT2D eigenvalue weighted by atomic mass is 10.1. The maximum Gasteiger partial charge on any atom is 0.306 e. The van der Waals surface area contributed by atoms with Crippen molar-refractivity contribution in [3.63, 3.8) is 0 Å². The van der Waals surface area contributed by atoms with E-state index < -0.39 is 0 Å². The minimum Gasteiger partial charge on any atom is -0.461 e. The Kier molecular flexibility index (Phi) is 7.55. The molecule has 2 aromatic carbocycles. The van der Waals surface area contributed by atoms with E-state index in [4.69, 9.17) is 4.74 Å². The number of nitrogens with zero attached hydrogens (tertiary/aromatic N) is 1. The van der Waals surface area contributed by atoms with Gasteiger partial charge in [0.2, 0.25) is 0 Å². The average molecular weight is 399 g/mol. The average Bonchev–Trinajstić information content (AvgIpc) is 3.20. The van der Waals surface area contributed by atoms with Gasteiger partial charge in [-0.2, -0.15) is 0 Å². The minimum atomic E-state index is -0.157. The highest BCUT2D eigenvalue weighted by Gasteiger charge is 2.07. The lowest BCUT2D eigenvalue weighted by Crippen LogP contribution is -2.24. The van der Waals surface area contributed by atoms with Crippen LogP contribution in [0.15, 0.2) is 54.0 Å². The molecule has 0 aliphatic carbocycles. The zero-order valence-electron chi connectivity index (χ0n) is 15.7. The molecule has 0 saturated heterocycles. The Labute approximate surface area is 170 Å². The van der Waals surface area contributed by atoms with Gasteiger partial charge < -0.3 is 10.1 Å². The molecule has 1 aromatic heterocycles. The lowest BCUT2D eigenvalue weighted by Gasteiger charge is -2.06. The summed E-state index contributed by atoms with van der Waals surface area (Å²) < 4.78 is 6.28. The van der Waals surface area contributed by atoms with E-state index in [2.05, 4.69) is 10.3 Å². The van der Waals surface area contributed by atoms with E-state index in [0.717, 1.165) is 41.5 Å². The number of ether oxygens (including phenoxy) is 1. The predicted molar refractivity (Wildman–Crippen MR) is 113 cm³/mol. The van der Waals surface area contributed by atoms with Gasteiger partial charge in [0, 0.05) is 20.0 Å². The van der Waals surface area contributed by atoms with Crippen molar-refractivity contribution in [2.75, 3.05) is 6.54 Å². The standard InChI is InChI=1S/C22H24N2O3S.H2/c25-21(27-15-17-8-4-3-5-9-17)10-6-1-2-7-13-23-22(26)18-11-12-19-20(14-18)28-16-24-19;/h3-5,8-9,11-12,14,16H,1-2,6-7,10,13,15H2,(H,23,26);1H. The minimum absolute atomic E-state index is 0. The van der Waals surface area contributed by atoms with Gasteiger partial charge in [-0.3, -0.25) is 9.59 Å². The number of fused-ring (bicyclic) bond motifs is 1. The zero-order chi connectivity index (χ0) is 19.6. The van der Waals surface area contributed by atoms with Crippen molar-refractivity contribution in [3.8, 4) is 0 Å². The normalized spacial score (nSPS) is 10.7. The van der Waals surface area contributed by atoms with Gasteiger partial charge in [-0.15, -0.1) is 11.3 Å². The summed E-state index contributed by atoms with van der Waals surface area (Å²) in [6, 6.07) is 15.2. The molecular formula is C22H26N2O3S. The van der Waals surface area contributed by atoms with E-state index in [-0.39, 0.29) is 13.3 Å². The molecule has 6 heteroatoms. The van der Waals surface area contributed by atoms with Crippen LogP contribution in [0, 0.1) is 0 Å². The van der Waals surface area contributed by atoms with Crippen LogP contribution in [-0.2, 0) is 16.1 Å². The van der Waals surface area contributed by atoms with Crippen molar-refractivity contribution in [3.05, 3.63) is 65.2 Å². The van der Waals surface area contributed by atoms with E-state index >= 15 is 0 Å². The molecule has 3 aromatic rings. The number of rotatable bonds is 10. The van der Waals surface area contributed by atoms with Gasteiger partial charge in [-0.1, -0.05) is 43.2 Å². The molecule has 1 N–H and O–H groups in total. The van der Waals surface area contributed by atoms with Gasteiger partial charge in [-0.25, -0.2) is 4.98 Å². The molecule has 3 rings (SSSR count). The van der Waals surface area contributed by atoms with Crippen molar-refractivity contribution >= 4 is 33.4 Å². The molecule has 0 fully saturated rings. The summed E-state index contributed by atoms with van der Waals surface area (Å²) in [6.45, 7) is 0.969. The quantitative estimate of drug-likeness (QED) is 0.387. The number of esters is 1. The summed E-state index contributed by atoms with van der Waals surface area (Å²) in [4.78, 5) is 28.1. The summed E-state index contributed by atoms with van der Waals surface area (Å²) in [5.41, 5.74) is 4.37. The Morgan fingerprint density at radius 2 is 1.86 bits per heavy atom. The molecule has 1 heterocycles. The highest BCUT2D eigenvalue weighted by Crippen LogP contribution is 2.19. The van der Waals surface area contributed by atoms with Crippen molar-refractivity contribution < 1.29 is 15.8 Å². The number of aromatic nitrogens is 1. The van der Waals surface area contributed by atoms with Crippen LogP contribution in [0.5, 0.6) is 0 Å². The highest BCUT2D eigenvalue weighted by molar-refractivity contribution is 7.16. The Bertz CT molecular complexity index is 915. The number of unbranched alkanes of at least 4 members (excludes halogenated alkanes) is 3. The summed E-state index contributed by atoms with van der Waals surface area (Å²) in [5.74, 6) is -0.213. The van der Waals surface area contributed by atoms with E-state index in [1.54, 1.807) is 11.6 Å². The van der Waals surface area contributed by atoms with Crippen molar-refractivity contribution in [2.45, 2.75) is 38.7 Å². The second-order valence-corrected chi connectivity index (χ2v) is 7.49. The van der Waals surface area contributed by atoms with Crippen LogP contribution < -0.4 is 5.32 Å². The third-order valence-corrected chi connectivity index (χ3v) is 5.22. The van der Waals surface area contributed by atoms with Crippen molar-refractivity contribution in [2.24, 2.45) is 0 Å². The van der Waals surface area contributed by atoms with Gasteiger partial charge in [0.05, 0.1) is 15.7 Å². The number of hydrogen-bond acceptors (Lipinski definition) is 5. The molecule has 0 spiro atoms. The summed E-state index contributed by atoms with van der Waals surface area (Å²) >= 11 is 1.53. The van der Waals surface area contributed by atoms with Gasteiger partial charge >= 0.3 is 5.97 Å². The number of hydrogen-bond donors (Lipinski definition) is 1. The van der Waals surface area contributed by atoms with Crippen LogP contribution in [0.2, 0.25) is 0 Å². The Hall–Kier alpha value is -2.73. The van der Waals surface area contributed by atoms with E-state index in [1.807, 2.05) is 42.5 Å². The van der Waals surface area contributed by atoms with Gasteiger partial charge in [-0.05, 0) is 36.6 Å². The molecule has 0 bridgehead atoms. The number of amides is 1. The van der Waals surface area contributed by atoms with E-state index in [9.17, 15) is 9.59 Å². The first kappa shape index (κ1) is 20.0. The highest BCUT2D eigenvalue weighted by atomic mass is 32.1.